The molecule has 1 aromatic heterocycles. The van der Waals surface area contributed by atoms with Crippen LogP contribution in [-0.2, 0) is 4.79 Å². The average molecular weight is 425 g/mol. The Morgan fingerprint density at radius 1 is 1.07 bits per heavy atom. The number of ketones is 1. The zero-order valence-electron chi connectivity index (χ0n) is 16.9. The number of fused-ring (bicyclic) bond motifs is 1. The highest BCUT2D eigenvalue weighted by atomic mass is 35.5. The van der Waals surface area contributed by atoms with Gasteiger partial charge < -0.3 is 10.3 Å². The minimum atomic E-state index is -0.205. The lowest BCUT2D eigenvalue weighted by Gasteiger charge is -2.37. The minimum absolute atomic E-state index is 0.0838. The van der Waals surface area contributed by atoms with Crippen LogP contribution < -0.4 is 5.32 Å². The van der Waals surface area contributed by atoms with Crippen molar-refractivity contribution in [2.45, 2.75) is 13.0 Å². The number of rotatable bonds is 6. The first-order valence-electron chi connectivity index (χ1n) is 10.1. The molecule has 3 aromatic rings. The second-order valence-corrected chi connectivity index (χ2v) is 8.04. The number of benzene rings is 2. The van der Waals surface area contributed by atoms with E-state index in [1.165, 1.54) is 0 Å². The number of halogens is 1. The van der Waals surface area contributed by atoms with Crippen molar-refractivity contribution in [2.75, 3.05) is 38.0 Å². The average Bonchev–Trinajstić information content (AvgIpc) is 3.19. The van der Waals surface area contributed by atoms with Gasteiger partial charge in [-0.05, 0) is 25.1 Å². The number of amides is 1. The maximum atomic E-state index is 13.1. The van der Waals surface area contributed by atoms with Crippen molar-refractivity contribution in [1.29, 1.82) is 0 Å². The Balaban J connectivity index is 1.31. The number of carbonyl (C=O) groups is 2. The van der Waals surface area contributed by atoms with Gasteiger partial charge in [0.25, 0.3) is 0 Å². The molecule has 1 aliphatic heterocycles. The number of piperazine rings is 1. The van der Waals surface area contributed by atoms with Crippen molar-refractivity contribution in [3.63, 3.8) is 0 Å². The molecular weight excluding hydrogens is 400 g/mol. The molecule has 0 radical (unpaired) electrons. The first-order valence-corrected chi connectivity index (χ1v) is 10.5. The van der Waals surface area contributed by atoms with Crippen molar-refractivity contribution in [1.82, 2.24) is 14.8 Å². The summed E-state index contributed by atoms with van der Waals surface area (Å²) in [4.78, 5) is 32.9. The second-order valence-electron chi connectivity index (χ2n) is 7.63. The van der Waals surface area contributed by atoms with E-state index in [2.05, 4.69) is 20.1 Å². The number of nitrogens with one attached hydrogen (secondary N) is 2. The fourth-order valence-corrected chi connectivity index (χ4v) is 4.11. The van der Waals surface area contributed by atoms with Crippen molar-refractivity contribution in [2.24, 2.45) is 0 Å². The Kier molecular flexibility index (Phi) is 6.18. The quantitative estimate of drug-likeness (QED) is 0.593. The summed E-state index contributed by atoms with van der Waals surface area (Å²) in [5.41, 5.74) is 2.34. The summed E-state index contributed by atoms with van der Waals surface area (Å²) in [5.74, 6) is 0.0387. The molecule has 1 aliphatic rings. The lowest BCUT2D eigenvalue weighted by atomic mass is 10.0. The summed E-state index contributed by atoms with van der Waals surface area (Å²) in [5, 5.41) is 4.35. The van der Waals surface area contributed by atoms with Crippen LogP contribution in [0.4, 0.5) is 5.69 Å². The van der Waals surface area contributed by atoms with Gasteiger partial charge in [0.2, 0.25) is 5.91 Å². The first-order chi connectivity index (χ1) is 14.5. The van der Waals surface area contributed by atoms with E-state index in [9.17, 15) is 9.59 Å². The van der Waals surface area contributed by atoms with E-state index in [4.69, 9.17) is 11.6 Å². The van der Waals surface area contributed by atoms with Crippen LogP contribution in [0.3, 0.4) is 0 Å². The lowest BCUT2D eigenvalue weighted by Crippen LogP contribution is -2.52. The third kappa shape index (κ3) is 4.41. The van der Waals surface area contributed by atoms with Gasteiger partial charge >= 0.3 is 0 Å². The Bertz CT molecular complexity index is 1060. The van der Waals surface area contributed by atoms with Gasteiger partial charge in [-0.2, -0.15) is 0 Å². The van der Waals surface area contributed by atoms with Gasteiger partial charge in [0, 0.05) is 48.8 Å². The molecule has 2 N–H and O–H groups in total. The topological polar surface area (TPSA) is 68.4 Å². The van der Waals surface area contributed by atoms with Crippen LogP contribution >= 0.6 is 11.6 Å². The maximum absolute atomic E-state index is 13.1. The summed E-state index contributed by atoms with van der Waals surface area (Å²) < 4.78 is 0. The molecule has 156 valence electrons. The highest BCUT2D eigenvalue weighted by molar-refractivity contribution is 6.33. The van der Waals surface area contributed by atoms with Gasteiger partial charge in [0.05, 0.1) is 23.3 Å². The van der Waals surface area contributed by atoms with Gasteiger partial charge in [0.15, 0.2) is 5.78 Å². The van der Waals surface area contributed by atoms with Crippen LogP contribution in [0.5, 0.6) is 0 Å². The Morgan fingerprint density at radius 3 is 2.53 bits per heavy atom. The van der Waals surface area contributed by atoms with E-state index in [0.717, 1.165) is 42.6 Å². The number of para-hydroxylation sites is 2. The fourth-order valence-electron chi connectivity index (χ4n) is 3.93. The summed E-state index contributed by atoms with van der Waals surface area (Å²) in [6, 6.07) is 14.9. The van der Waals surface area contributed by atoms with E-state index in [0.29, 0.717) is 17.3 Å². The van der Waals surface area contributed by atoms with Crippen LogP contribution in [0.2, 0.25) is 5.02 Å². The van der Waals surface area contributed by atoms with Gasteiger partial charge in [-0.25, -0.2) is 0 Å². The van der Waals surface area contributed by atoms with E-state index in [1.54, 1.807) is 18.3 Å². The molecular formula is C23H25ClN4O2. The van der Waals surface area contributed by atoms with Crippen LogP contribution in [0.1, 0.15) is 17.3 Å². The zero-order chi connectivity index (χ0) is 21.1. The zero-order valence-corrected chi connectivity index (χ0v) is 17.7. The lowest BCUT2D eigenvalue weighted by molar-refractivity contribution is -0.117. The van der Waals surface area contributed by atoms with Crippen LogP contribution in [0, 0.1) is 0 Å². The molecule has 0 spiro atoms. The molecule has 0 saturated carbocycles. The first kappa shape index (κ1) is 20.6. The highest BCUT2D eigenvalue weighted by Gasteiger charge is 2.28. The van der Waals surface area contributed by atoms with Crippen molar-refractivity contribution in [3.8, 4) is 0 Å². The van der Waals surface area contributed by atoms with E-state index in [-0.39, 0.29) is 17.7 Å². The number of aromatic amines is 1. The number of carbonyl (C=O) groups excluding carboxylic acids is 2. The smallest absolute Gasteiger partial charge is 0.238 e. The minimum Gasteiger partial charge on any atom is -0.360 e. The molecule has 6 nitrogen and oxygen atoms in total. The fraction of sp³-hybridized carbons (Fsp3) is 0.304. The summed E-state index contributed by atoms with van der Waals surface area (Å²) in [6.07, 6.45) is 1.80. The predicted molar refractivity (Wildman–Crippen MR) is 120 cm³/mol. The maximum Gasteiger partial charge on any atom is 0.238 e. The van der Waals surface area contributed by atoms with Crippen molar-refractivity contribution >= 4 is 39.9 Å². The molecule has 0 aliphatic carbocycles. The molecule has 1 fully saturated rings. The number of Topliss-reactive ketones (excluding diaryl/α,β-unsaturated/α-hetero) is 1. The molecule has 4 rings (SSSR count). The number of hydrogen-bond donors (Lipinski definition) is 2. The molecule has 30 heavy (non-hydrogen) atoms. The van der Waals surface area contributed by atoms with E-state index >= 15 is 0 Å². The van der Waals surface area contributed by atoms with E-state index in [1.807, 2.05) is 43.3 Å². The SMILES string of the molecule is C[C@@H](C(=O)c1c[nH]c2ccccc12)N1CCN(CC(=O)Nc2ccccc2Cl)CC1. The monoisotopic (exact) mass is 424 g/mol. The normalized spacial score (nSPS) is 16.5. The van der Waals surface area contributed by atoms with Crippen LogP contribution in [-0.4, -0.2) is 65.2 Å². The number of aromatic nitrogens is 1. The molecule has 7 heteroatoms. The second kappa shape index (κ2) is 9.00. The summed E-state index contributed by atoms with van der Waals surface area (Å²) in [6.45, 7) is 5.24. The molecule has 2 heterocycles. The van der Waals surface area contributed by atoms with Crippen molar-refractivity contribution < 1.29 is 9.59 Å². The third-order valence-corrected chi connectivity index (χ3v) is 6.03. The van der Waals surface area contributed by atoms with Gasteiger partial charge in [-0.15, -0.1) is 0 Å². The molecule has 0 unspecified atom stereocenters. The number of anilines is 1. The summed E-state index contributed by atoms with van der Waals surface area (Å²) in [7, 11) is 0. The predicted octanol–water partition coefficient (Wildman–Crippen LogP) is 3.65. The standard InChI is InChI=1S/C23H25ClN4O2/c1-16(23(30)18-14-25-20-8-4-2-6-17(18)20)28-12-10-27(11-13-28)15-22(29)26-21-9-5-3-7-19(21)24/h2-9,14,16,25H,10-13,15H2,1H3,(H,26,29)/t16-/m0/s1. The van der Waals surface area contributed by atoms with Gasteiger partial charge in [-0.3, -0.25) is 19.4 Å². The Hall–Kier alpha value is -2.67. The summed E-state index contributed by atoms with van der Waals surface area (Å²) >= 11 is 6.10. The van der Waals surface area contributed by atoms with Crippen LogP contribution in [0.15, 0.2) is 54.7 Å². The van der Waals surface area contributed by atoms with Crippen LogP contribution in [0.25, 0.3) is 10.9 Å². The number of hydrogen-bond acceptors (Lipinski definition) is 4. The number of H-pyrrole nitrogens is 1. The molecule has 1 saturated heterocycles. The third-order valence-electron chi connectivity index (χ3n) is 5.70. The largest absolute Gasteiger partial charge is 0.360 e. The van der Waals surface area contributed by atoms with Gasteiger partial charge in [-0.1, -0.05) is 41.9 Å². The Labute approximate surface area is 180 Å². The molecule has 2 aromatic carbocycles. The molecule has 1 atom stereocenters. The van der Waals surface area contributed by atoms with E-state index < -0.39 is 0 Å². The highest BCUT2D eigenvalue weighted by Crippen LogP contribution is 2.22. The van der Waals surface area contributed by atoms with Crippen molar-refractivity contribution in [3.05, 3.63) is 65.3 Å². The number of nitrogens with zero attached hydrogens (tertiary/aromatic N) is 2. The Morgan fingerprint density at radius 2 is 1.77 bits per heavy atom. The molecule has 1 amide bonds. The molecule has 0 bridgehead atoms. The van der Waals surface area contributed by atoms with Gasteiger partial charge in [0.1, 0.15) is 0 Å².